The number of rotatable bonds is 7. The third kappa shape index (κ3) is 5.26. The van der Waals surface area contributed by atoms with Crippen molar-refractivity contribution in [3.05, 3.63) is 59.9 Å². The van der Waals surface area contributed by atoms with Gasteiger partial charge in [0.25, 0.3) is 0 Å². The van der Waals surface area contributed by atoms with E-state index in [1.165, 1.54) is 12.1 Å². The highest BCUT2D eigenvalue weighted by Gasteiger charge is 2.43. The number of amides is 1. The van der Waals surface area contributed by atoms with Gasteiger partial charge in [0.15, 0.2) is 9.84 Å². The van der Waals surface area contributed by atoms with Crippen molar-refractivity contribution >= 4 is 15.7 Å². The van der Waals surface area contributed by atoms with Gasteiger partial charge in [-0.05, 0) is 61.2 Å². The number of hydrogen-bond donors (Lipinski definition) is 0. The highest BCUT2D eigenvalue weighted by molar-refractivity contribution is 7.92. The maximum Gasteiger partial charge on any atom is 0.222 e. The lowest BCUT2D eigenvalue weighted by molar-refractivity contribution is -0.134. The standard InChI is InChI=1S/C24H28FNO4S/c25-19-10-12-20(13-11-19)30-21-6-4-5-18(15-21)9-14-24(27)26-16-23(17-26)31(28,29)22-7-2-1-3-8-22/h4-6,10-13,15,22-23H,1-3,7-9,14,16-17H2. The molecule has 0 unspecified atom stereocenters. The number of ether oxygens (including phenoxy) is 1. The number of carbonyl (C=O) groups is 1. The van der Waals surface area contributed by atoms with E-state index in [4.69, 9.17) is 4.74 Å². The van der Waals surface area contributed by atoms with Crippen LogP contribution < -0.4 is 4.74 Å². The molecule has 4 rings (SSSR count). The lowest BCUT2D eigenvalue weighted by Gasteiger charge is -2.41. The van der Waals surface area contributed by atoms with Gasteiger partial charge in [0.1, 0.15) is 17.3 Å². The van der Waals surface area contributed by atoms with E-state index in [0.717, 1.165) is 37.7 Å². The number of carbonyl (C=O) groups excluding carboxylic acids is 1. The fourth-order valence-electron chi connectivity index (χ4n) is 4.33. The van der Waals surface area contributed by atoms with Crippen LogP contribution >= 0.6 is 0 Å². The van der Waals surface area contributed by atoms with Crippen LogP contribution in [0.25, 0.3) is 0 Å². The quantitative estimate of drug-likeness (QED) is 0.629. The zero-order chi connectivity index (χ0) is 21.8. The molecule has 0 N–H and O–H groups in total. The molecule has 5 nitrogen and oxygen atoms in total. The molecule has 1 aliphatic heterocycles. The molecular formula is C24H28FNO4S. The van der Waals surface area contributed by atoms with E-state index < -0.39 is 15.1 Å². The second-order valence-corrected chi connectivity index (χ2v) is 11.0. The Hall–Kier alpha value is -2.41. The van der Waals surface area contributed by atoms with Crippen LogP contribution in [0.3, 0.4) is 0 Å². The van der Waals surface area contributed by atoms with Crippen LogP contribution in [0.15, 0.2) is 48.5 Å². The molecule has 1 saturated carbocycles. The maximum absolute atomic E-state index is 13.0. The number of aryl methyl sites for hydroxylation is 1. The van der Waals surface area contributed by atoms with Gasteiger partial charge in [0.05, 0.1) is 10.5 Å². The van der Waals surface area contributed by atoms with E-state index in [1.54, 1.807) is 17.0 Å². The van der Waals surface area contributed by atoms with Gasteiger partial charge in [-0.15, -0.1) is 0 Å². The molecule has 0 spiro atoms. The van der Waals surface area contributed by atoms with Crippen LogP contribution in [0.2, 0.25) is 0 Å². The van der Waals surface area contributed by atoms with Crippen molar-refractivity contribution in [2.24, 2.45) is 0 Å². The van der Waals surface area contributed by atoms with Crippen LogP contribution in [-0.4, -0.2) is 42.8 Å². The molecule has 1 saturated heterocycles. The molecule has 0 aromatic heterocycles. The van der Waals surface area contributed by atoms with Crippen molar-refractivity contribution in [3.63, 3.8) is 0 Å². The highest BCUT2D eigenvalue weighted by atomic mass is 32.2. The average molecular weight is 446 g/mol. The zero-order valence-corrected chi connectivity index (χ0v) is 18.3. The van der Waals surface area contributed by atoms with Crippen LogP contribution in [0, 0.1) is 5.82 Å². The minimum absolute atomic E-state index is 0.0139. The number of likely N-dealkylation sites (tertiary alicyclic amines) is 1. The molecule has 2 aromatic rings. The first-order chi connectivity index (χ1) is 14.9. The molecule has 2 aromatic carbocycles. The summed E-state index contributed by atoms with van der Waals surface area (Å²) in [6.07, 6.45) is 5.52. The number of sulfone groups is 1. The summed E-state index contributed by atoms with van der Waals surface area (Å²) < 4.78 is 44.3. The Morgan fingerprint density at radius 3 is 2.39 bits per heavy atom. The van der Waals surface area contributed by atoms with Crippen molar-refractivity contribution in [2.45, 2.75) is 55.4 Å². The smallest absolute Gasteiger partial charge is 0.222 e. The summed E-state index contributed by atoms with van der Waals surface area (Å²) in [5, 5.41) is -0.612. The Bertz CT molecular complexity index is 1010. The highest BCUT2D eigenvalue weighted by Crippen LogP contribution is 2.30. The lowest BCUT2D eigenvalue weighted by Crippen LogP contribution is -2.58. The van der Waals surface area contributed by atoms with Gasteiger partial charge in [-0.25, -0.2) is 12.8 Å². The SMILES string of the molecule is O=C(CCc1cccc(Oc2ccc(F)cc2)c1)N1CC(S(=O)(=O)C2CCCCC2)C1. The molecule has 0 radical (unpaired) electrons. The number of halogens is 1. The van der Waals surface area contributed by atoms with Crippen molar-refractivity contribution in [1.29, 1.82) is 0 Å². The summed E-state index contributed by atoms with van der Waals surface area (Å²) in [7, 11) is -3.13. The van der Waals surface area contributed by atoms with E-state index in [-0.39, 0.29) is 17.0 Å². The number of benzene rings is 2. The molecule has 1 aliphatic carbocycles. The summed E-state index contributed by atoms with van der Waals surface area (Å²) in [6.45, 7) is 0.650. The summed E-state index contributed by atoms with van der Waals surface area (Å²) >= 11 is 0. The molecule has 0 atom stereocenters. The van der Waals surface area contributed by atoms with Gasteiger partial charge >= 0.3 is 0 Å². The average Bonchev–Trinajstić information content (AvgIpc) is 2.74. The van der Waals surface area contributed by atoms with Crippen molar-refractivity contribution in [2.75, 3.05) is 13.1 Å². The molecule has 2 fully saturated rings. The molecule has 31 heavy (non-hydrogen) atoms. The van der Waals surface area contributed by atoms with Crippen molar-refractivity contribution in [3.8, 4) is 11.5 Å². The summed E-state index contributed by atoms with van der Waals surface area (Å²) in [6, 6.07) is 13.3. The van der Waals surface area contributed by atoms with Gasteiger partial charge in [0.2, 0.25) is 5.91 Å². The first-order valence-electron chi connectivity index (χ1n) is 10.9. The van der Waals surface area contributed by atoms with Gasteiger partial charge in [0, 0.05) is 19.5 Å². The van der Waals surface area contributed by atoms with Crippen LogP contribution in [0.1, 0.15) is 44.1 Å². The first-order valence-corrected chi connectivity index (χ1v) is 12.6. The predicted molar refractivity (Wildman–Crippen MR) is 117 cm³/mol. The normalized spacial score (nSPS) is 17.9. The summed E-state index contributed by atoms with van der Waals surface area (Å²) in [5.41, 5.74) is 0.958. The Morgan fingerprint density at radius 2 is 1.68 bits per heavy atom. The van der Waals surface area contributed by atoms with E-state index in [2.05, 4.69) is 0 Å². The second kappa shape index (κ2) is 9.39. The van der Waals surface area contributed by atoms with Gasteiger partial charge in [-0.2, -0.15) is 0 Å². The number of hydrogen-bond acceptors (Lipinski definition) is 4. The molecule has 166 valence electrons. The van der Waals surface area contributed by atoms with Crippen molar-refractivity contribution in [1.82, 2.24) is 4.90 Å². The molecule has 1 amide bonds. The van der Waals surface area contributed by atoms with Crippen LogP contribution in [-0.2, 0) is 21.1 Å². The Kier molecular flexibility index (Phi) is 6.60. The van der Waals surface area contributed by atoms with E-state index in [9.17, 15) is 17.6 Å². The molecule has 7 heteroatoms. The predicted octanol–water partition coefficient (Wildman–Crippen LogP) is 4.51. The topological polar surface area (TPSA) is 63.7 Å². The van der Waals surface area contributed by atoms with Gasteiger partial charge < -0.3 is 9.64 Å². The maximum atomic E-state index is 13.0. The molecule has 2 aliphatic rings. The Labute approximate surface area is 183 Å². The van der Waals surface area contributed by atoms with Crippen molar-refractivity contribution < 1.29 is 22.3 Å². The monoisotopic (exact) mass is 445 g/mol. The Morgan fingerprint density at radius 1 is 0.968 bits per heavy atom. The fraction of sp³-hybridized carbons (Fsp3) is 0.458. The van der Waals surface area contributed by atoms with Crippen LogP contribution in [0.5, 0.6) is 11.5 Å². The largest absolute Gasteiger partial charge is 0.457 e. The third-order valence-electron chi connectivity index (χ3n) is 6.26. The van der Waals surface area contributed by atoms with E-state index >= 15 is 0 Å². The molecule has 0 bridgehead atoms. The van der Waals surface area contributed by atoms with Gasteiger partial charge in [-0.3, -0.25) is 4.79 Å². The lowest BCUT2D eigenvalue weighted by atomic mass is 10.0. The van der Waals surface area contributed by atoms with E-state index in [1.807, 2.05) is 24.3 Å². The van der Waals surface area contributed by atoms with E-state index in [0.29, 0.717) is 37.4 Å². The number of nitrogens with zero attached hydrogens (tertiary/aromatic N) is 1. The first kappa shape index (κ1) is 21.8. The van der Waals surface area contributed by atoms with Gasteiger partial charge in [-0.1, -0.05) is 31.4 Å². The van der Waals surface area contributed by atoms with Crippen LogP contribution in [0.4, 0.5) is 4.39 Å². The zero-order valence-electron chi connectivity index (χ0n) is 17.5. The molecule has 1 heterocycles. The Balaban J connectivity index is 1.26. The summed E-state index contributed by atoms with van der Waals surface area (Å²) in [5.74, 6) is 0.832. The minimum atomic E-state index is -3.13. The second-order valence-electron chi connectivity index (χ2n) is 8.47. The minimum Gasteiger partial charge on any atom is -0.457 e. The summed E-state index contributed by atoms with van der Waals surface area (Å²) in [4.78, 5) is 14.2. The fourth-order valence-corrected chi connectivity index (χ4v) is 6.64. The third-order valence-corrected chi connectivity index (χ3v) is 8.89. The molecular weight excluding hydrogens is 417 g/mol.